The van der Waals surface area contributed by atoms with Crippen molar-refractivity contribution in [2.24, 2.45) is 0 Å². The van der Waals surface area contributed by atoms with Gasteiger partial charge in [-0.15, -0.1) is 0 Å². The standard InChI is InChI=1S/C24H28N2O7/c1-4-24(2,22(29)26-33-20(14-31-3)21(27)28)25-23(30)32-13-19-17-11-7-5-9-15(17)16-10-6-8-12-18(16)19/h5-12,19-20H,4,13-14H2,1-3H3,(H,25,30)(H,26,29)(H,27,28). The lowest BCUT2D eigenvalue weighted by atomic mass is 9.98. The Hall–Kier alpha value is -3.43. The van der Waals surface area contributed by atoms with Crippen LogP contribution in [0.2, 0.25) is 0 Å². The molecule has 0 aromatic heterocycles. The van der Waals surface area contributed by atoms with Crippen molar-refractivity contribution in [1.29, 1.82) is 0 Å². The number of aliphatic carboxylic acids is 1. The highest BCUT2D eigenvalue weighted by Crippen LogP contribution is 2.44. The van der Waals surface area contributed by atoms with E-state index in [0.717, 1.165) is 22.3 Å². The number of carbonyl (C=O) groups excluding carboxylic acids is 2. The number of hydrogen-bond donors (Lipinski definition) is 3. The third kappa shape index (κ3) is 5.32. The third-order valence-corrected chi connectivity index (χ3v) is 5.82. The maximum atomic E-state index is 12.6. The Morgan fingerprint density at radius 1 is 1.06 bits per heavy atom. The van der Waals surface area contributed by atoms with Gasteiger partial charge in [0, 0.05) is 13.0 Å². The second kappa shape index (κ2) is 10.5. The highest BCUT2D eigenvalue weighted by molar-refractivity contribution is 5.89. The molecule has 0 spiro atoms. The molecule has 9 nitrogen and oxygen atoms in total. The molecule has 0 aliphatic heterocycles. The van der Waals surface area contributed by atoms with E-state index < -0.39 is 29.6 Å². The summed E-state index contributed by atoms with van der Waals surface area (Å²) < 4.78 is 10.3. The van der Waals surface area contributed by atoms with E-state index in [2.05, 4.69) is 10.8 Å². The van der Waals surface area contributed by atoms with E-state index >= 15 is 0 Å². The van der Waals surface area contributed by atoms with Crippen molar-refractivity contribution in [3.63, 3.8) is 0 Å². The number of carbonyl (C=O) groups is 3. The minimum absolute atomic E-state index is 0.104. The van der Waals surface area contributed by atoms with Gasteiger partial charge in [-0.3, -0.25) is 9.63 Å². The fourth-order valence-corrected chi connectivity index (χ4v) is 3.71. The van der Waals surface area contributed by atoms with Gasteiger partial charge in [0.15, 0.2) is 0 Å². The molecule has 3 rings (SSSR count). The first-order valence-electron chi connectivity index (χ1n) is 10.6. The number of carboxylic acids is 1. The first-order valence-corrected chi connectivity index (χ1v) is 10.6. The van der Waals surface area contributed by atoms with Crippen molar-refractivity contribution in [3.8, 4) is 11.1 Å². The molecule has 0 bridgehead atoms. The average molecular weight is 456 g/mol. The van der Waals surface area contributed by atoms with Crippen LogP contribution in [0.5, 0.6) is 0 Å². The smallest absolute Gasteiger partial charge is 0.408 e. The van der Waals surface area contributed by atoms with Gasteiger partial charge < -0.3 is 19.9 Å². The van der Waals surface area contributed by atoms with E-state index in [0.29, 0.717) is 0 Å². The van der Waals surface area contributed by atoms with Crippen LogP contribution in [-0.4, -0.2) is 55.0 Å². The van der Waals surface area contributed by atoms with E-state index in [1.54, 1.807) is 6.92 Å². The maximum absolute atomic E-state index is 12.6. The summed E-state index contributed by atoms with van der Waals surface area (Å²) in [4.78, 5) is 41.3. The number of benzene rings is 2. The Bertz CT molecular complexity index is 980. The number of ether oxygens (including phenoxy) is 2. The van der Waals surface area contributed by atoms with Crippen LogP contribution in [0.15, 0.2) is 48.5 Å². The number of methoxy groups -OCH3 is 1. The van der Waals surface area contributed by atoms with Gasteiger partial charge in [0.1, 0.15) is 12.1 Å². The molecular weight excluding hydrogens is 428 g/mol. The number of rotatable bonds is 10. The molecule has 0 saturated carbocycles. The van der Waals surface area contributed by atoms with Crippen molar-refractivity contribution in [2.75, 3.05) is 20.3 Å². The lowest BCUT2D eigenvalue weighted by molar-refractivity contribution is -0.167. The third-order valence-electron chi connectivity index (χ3n) is 5.82. The Morgan fingerprint density at radius 3 is 2.15 bits per heavy atom. The van der Waals surface area contributed by atoms with Crippen LogP contribution in [0.25, 0.3) is 11.1 Å². The molecule has 9 heteroatoms. The Kier molecular flexibility index (Phi) is 7.67. The molecule has 0 fully saturated rings. The Morgan fingerprint density at radius 2 is 1.64 bits per heavy atom. The molecule has 1 aliphatic rings. The van der Waals surface area contributed by atoms with Crippen LogP contribution in [0, 0.1) is 0 Å². The number of carboxylic acid groups (broad SMARTS) is 1. The van der Waals surface area contributed by atoms with E-state index in [9.17, 15) is 14.4 Å². The quantitative estimate of drug-likeness (QED) is 0.470. The Balaban J connectivity index is 1.62. The lowest BCUT2D eigenvalue weighted by Crippen LogP contribution is -2.57. The molecule has 2 aromatic carbocycles. The normalized spacial score (nSPS) is 15.0. The predicted octanol–water partition coefficient (Wildman–Crippen LogP) is 2.84. The second-order valence-electron chi connectivity index (χ2n) is 7.97. The van der Waals surface area contributed by atoms with Crippen molar-refractivity contribution in [3.05, 3.63) is 59.7 Å². The minimum atomic E-state index is -1.38. The average Bonchev–Trinajstić information content (AvgIpc) is 3.13. The van der Waals surface area contributed by atoms with Gasteiger partial charge in [-0.1, -0.05) is 55.5 Å². The van der Waals surface area contributed by atoms with Crippen molar-refractivity contribution in [1.82, 2.24) is 10.8 Å². The predicted molar refractivity (Wildman–Crippen MR) is 119 cm³/mol. The number of fused-ring (bicyclic) bond motifs is 3. The fourth-order valence-electron chi connectivity index (χ4n) is 3.71. The van der Waals surface area contributed by atoms with Crippen LogP contribution in [0.4, 0.5) is 4.79 Å². The summed E-state index contributed by atoms with van der Waals surface area (Å²) in [6.45, 7) is 3.05. The largest absolute Gasteiger partial charge is 0.479 e. The number of nitrogens with one attached hydrogen (secondary N) is 2. The van der Waals surface area contributed by atoms with E-state index in [1.165, 1.54) is 14.0 Å². The fraction of sp³-hybridized carbons (Fsp3) is 0.375. The van der Waals surface area contributed by atoms with Crippen LogP contribution in [0.3, 0.4) is 0 Å². The highest BCUT2D eigenvalue weighted by atomic mass is 16.7. The van der Waals surface area contributed by atoms with Gasteiger partial charge in [0.25, 0.3) is 5.91 Å². The molecular formula is C24H28N2O7. The molecule has 0 radical (unpaired) electrons. The zero-order valence-electron chi connectivity index (χ0n) is 18.8. The molecule has 3 N–H and O–H groups in total. The van der Waals surface area contributed by atoms with E-state index in [1.807, 2.05) is 48.5 Å². The summed E-state index contributed by atoms with van der Waals surface area (Å²) in [5.41, 5.74) is 5.10. The zero-order chi connectivity index (χ0) is 24.0. The number of alkyl carbamates (subject to hydrolysis) is 1. The van der Waals surface area contributed by atoms with E-state index in [-0.39, 0.29) is 25.6 Å². The van der Waals surface area contributed by atoms with Gasteiger partial charge >= 0.3 is 12.1 Å². The van der Waals surface area contributed by atoms with Crippen molar-refractivity contribution >= 4 is 18.0 Å². The van der Waals surface area contributed by atoms with Gasteiger partial charge in [-0.25, -0.2) is 15.1 Å². The number of hydroxylamine groups is 1. The van der Waals surface area contributed by atoms with Gasteiger partial charge in [-0.05, 0) is 35.6 Å². The highest BCUT2D eigenvalue weighted by Gasteiger charge is 2.36. The van der Waals surface area contributed by atoms with Crippen molar-refractivity contribution < 1.29 is 33.8 Å². The number of amides is 2. The summed E-state index contributed by atoms with van der Waals surface area (Å²) in [5, 5.41) is 11.7. The SMILES string of the molecule is CCC(C)(NC(=O)OCC1c2ccccc2-c2ccccc21)C(=O)NOC(COC)C(=O)O. The van der Waals surface area contributed by atoms with Gasteiger partial charge in [0.2, 0.25) is 6.10 Å². The van der Waals surface area contributed by atoms with Crippen LogP contribution >= 0.6 is 0 Å². The van der Waals surface area contributed by atoms with Crippen LogP contribution < -0.4 is 10.8 Å². The number of hydrogen-bond acceptors (Lipinski definition) is 6. The molecule has 0 heterocycles. The summed E-state index contributed by atoms with van der Waals surface area (Å²) in [6.07, 6.45) is -1.92. The molecule has 33 heavy (non-hydrogen) atoms. The molecule has 2 atom stereocenters. The van der Waals surface area contributed by atoms with Gasteiger partial charge in [-0.2, -0.15) is 0 Å². The monoisotopic (exact) mass is 456 g/mol. The maximum Gasteiger partial charge on any atom is 0.408 e. The van der Waals surface area contributed by atoms with E-state index in [4.69, 9.17) is 19.4 Å². The molecule has 0 saturated heterocycles. The summed E-state index contributed by atoms with van der Waals surface area (Å²) in [7, 11) is 1.32. The Labute approximate surface area is 192 Å². The van der Waals surface area contributed by atoms with Crippen LogP contribution in [-0.2, 0) is 23.9 Å². The second-order valence-corrected chi connectivity index (χ2v) is 7.97. The summed E-state index contributed by atoms with van der Waals surface area (Å²) >= 11 is 0. The van der Waals surface area contributed by atoms with Crippen molar-refractivity contribution in [2.45, 2.75) is 37.8 Å². The zero-order valence-corrected chi connectivity index (χ0v) is 18.8. The molecule has 176 valence electrons. The molecule has 2 unspecified atom stereocenters. The summed E-state index contributed by atoms with van der Waals surface area (Å²) in [6, 6.07) is 16.0. The summed E-state index contributed by atoms with van der Waals surface area (Å²) in [5.74, 6) is -2.11. The molecule has 2 aromatic rings. The van der Waals surface area contributed by atoms with Gasteiger partial charge in [0.05, 0.1) is 6.61 Å². The first kappa shape index (κ1) is 24.2. The minimum Gasteiger partial charge on any atom is -0.479 e. The lowest BCUT2D eigenvalue weighted by Gasteiger charge is -2.28. The molecule has 1 aliphatic carbocycles. The topological polar surface area (TPSA) is 123 Å². The van der Waals surface area contributed by atoms with Crippen LogP contribution in [0.1, 0.15) is 37.3 Å². The molecule has 2 amide bonds. The first-order chi connectivity index (χ1) is 15.8.